The van der Waals surface area contributed by atoms with Gasteiger partial charge in [-0.25, -0.2) is 0 Å². The van der Waals surface area contributed by atoms with Gasteiger partial charge in [0.2, 0.25) is 5.91 Å². The lowest BCUT2D eigenvalue weighted by atomic mass is 10.1. The van der Waals surface area contributed by atoms with E-state index in [1.807, 2.05) is 54.4 Å². The lowest BCUT2D eigenvalue weighted by Gasteiger charge is -2.22. The molecular formula is C20H26ClIN4O. The number of halogens is 2. The predicted molar refractivity (Wildman–Crippen MR) is 123 cm³/mol. The van der Waals surface area contributed by atoms with Crippen molar-refractivity contribution < 1.29 is 4.79 Å². The summed E-state index contributed by atoms with van der Waals surface area (Å²) in [5.74, 6) is 0.580. The van der Waals surface area contributed by atoms with Gasteiger partial charge < -0.3 is 15.5 Å². The number of benzene rings is 2. The minimum absolute atomic E-state index is 0. The maximum atomic E-state index is 12.0. The highest BCUT2D eigenvalue weighted by Crippen LogP contribution is 2.16. The lowest BCUT2D eigenvalue weighted by Crippen LogP contribution is -2.44. The fourth-order valence-electron chi connectivity index (χ4n) is 2.55. The van der Waals surface area contributed by atoms with Crippen LogP contribution in [0.3, 0.4) is 0 Å². The number of guanidine groups is 1. The Labute approximate surface area is 183 Å². The quantitative estimate of drug-likeness (QED) is 0.348. The topological polar surface area (TPSA) is 56.7 Å². The van der Waals surface area contributed by atoms with Crippen molar-refractivity contribution in [3.05, 3.63) is 70.7 Å². The third-order valence-electron chi connectivity index (χ3n) is 3.92. The summed E-state index contributed by atoms with van der Waals surface area (Å²) in [6, 6.07) is 17.8. The van der Waals surface area contributed by atoms with Gasteiger partial charge in [-0.1, -0.05) is 60.1 Å². The predicted octanol–water partition coefficient (Wildman–Crippen LogP) is 3.32. The van der Waals surface area contributed by atoms with E-state index < -0.39 is 0 Å². The molecule has 146 valence electrons. The second kappa shape index (κ2) is 12.6. The van der Waals surface area contributed by atoms with Gasteiger partial charge in [0.15, 0.2) is 5.96 Å². The summed E-state index contributed by atoms with van der Waals surface area (Å²) in [5, 5.41) is 6.71. The van der Waals surface area contributed by atoms with E-state index >= 15 is 0 Å². The van der Waals surface area contributed by atoms with Gasteiger partial charge in [-0.3, -0.25) is 9.79 Å². The molecule has 2 aromatic carbocycles. The third kappa shape index (κ3) is 8.17. The maximum absolute atomic E-state index is 12.0. The molecule has 0 bridgehead atoms. The van der Waals surface area contributed by atoms with Crippen LogP contribution in [-0.4, -0.2) is 44.0 Å². The van der Waals surface area contributed by atoms with Gasteiger partial charge in [0.05, 0.1) is 6.54 Å². The van der Waals surface area contributed by atoms with Crippen molar-refractivity contribution in [2.45, 2.75) is 13.0 Å². The molecule has 0 saturated heterocycles. The van der Waals surface area contributed by atoms with Crippen molar-refractivity contribution in [2.24, 2.45) is 4.99 Å². The van der Waals surface area contributed by atoms with Crippen LogP contribution in [0.4, 0.5) is 0 Å². The molecule has 5 nitrogen and oxygen atoms in total. The molecule has 1 amide bonds. The highest BCUT2D eigenvalue weighted by Gasteiger charge is 2.10. The molecule has 0 atom stereocenters. The van der Waals surface area contributed by atoms with E-state index in [0.717, 1.165) is 12.0 Å². The van der Waals surface area contributed by atoms with Crippen LogP contribution < -0.4 is 10.6 Å². The average molecular weight is 501 g/mol. The number of amides is 1. The Morgan fingerprint density at radius 2 is 1.74 bits per heavy atom. The lowest BCUT2D eigenvalue weighted by molar-refractivity contribution is -0.120. The first-order valence-electron chi connectivity index (χ1n) is 8.56. The van der Waals surface area contributed by atoms with Crippen LogP contribution in [0.1, 0.15) is 11.1 Å². The fraction of sp³-hybridized carbons (Fsp3) is 0.300. The summed E-state index contributed by atoms with van der Waals surface area (Å²) < 4.78 is 0. The van der Waals surface area contributed by atoms with E-state index in [1.54, 1.807) is 7.05 Å². The molecule has 2 aromatic rings. The van der Waals surface area contributed by atoms with Crippen LogP contribution >= 0.6 is 35.6 Å². The van der Waals surface area contributed by atoms with Crippen molar-refractivity contribution in [3.8, 4) is 0 Å². The monoisotopic (exact) mass is 500 g/mol. The Kier molecular flexibility index (Phi) is 10.8. The zero-order valence-corrected chi connectivity index (χ0v) is 18.7. The molecule has 0 aliphatic carbocycles. The summed E-state index contributed by atoms with van der Waals surface area (Å²) >= 11 is 6.20. The second-order valence-corrected chi connectivity index (χ2v) is 6.34. The van der Waals surface area contributed by atoms with Gasteiger partial charge >= 0.3 is 0 Å². The van der Waals surface area contributed by atoms with Gasteiger partial charge in [-0.05, 0) is 23.6 Å². The molecule has 7 heteroatoms. The number of rotatable bonds is 7. The molecule has 0 aromatic heterocycles. The molecule has 2 N–H and O–H groups in total. The summed E-state index contributed by atoms with van der Waals surface area (Å²) in [4.78, 5) is 18.2. The van der Waals surface area contributed by atoms with Crippen LogP contribution in [0, 0.1) is 0 Å². The van der Waals surface area contributed by atoms with Crippen LogP contribution in [-0.2, 0) is 17.8 Å². The summed E-state index contributed by atoms with van der Waals surface area (Å²) in [5.41, 5.74) is 2.21. The first-order chi connectivity index (χ1) is 12.6. The number of carbonyl (C=O) groups is 1. The van der Waals surface area contributed by atoms with Crippen molar-refractivity contribution in [3.63, 3.8) is 0 Å². The minimum Gasteiger partial charge on any atom is -0.354 e. The van der Waals surface area contributed by atoms with E-state index in [0.29, 0.717) is 24.1 Å². The maximum Gasteiger partial charge on any atom is 0.239 e. The molecule has 0 radical (unpaired) electrons. The summed E-state index contributed by atoms with van der Waals surface area (Å²) in [6.07, 6.45) is 0.813. The molecular weight excluding hydrogens is 475 g/mol. The van der Waals surface area contributed by atoms with Gasteiger partial charge in [0.1, 0.15) is 0 Å². The zero-order valence-electron chi connectivity index (χ0n) is 15.6. The van der Waals surface area contributed by atoms with Crippen LogP contribution in [0.5, 0.6) is 0 Å². The molecule has 0 saturated carbocycles. The average Bonchev–Trinajstić information content (AvgIpc) is 2.65. The summed E-state index contributed by atoms with van der Waals surface area (Å²) in [6.45, 7) is 1.39. The number of carbonyl (C=O) groups excluding carboxylic acids is 1. The second-order valence-electron chi connectivity index (χ2n) is 5.93. The highest BCUT2D eigenvalue weighted by atomic mass is 127. The normalized spacial score (nSPS) is 10.7. The smallest absolute Gasteiger partial charge is 0.239 e. The molecule has 0 aliphatic heterocycles. The van der Waals surface area contributed by atoms with E-state index in [9.17, 15) is 4.79 Å². The Bertz CT molecular complexity index is 740. The van der Waals surface area contributed by atoms with Crippen LogP contribution in [0.25, 0.3) is 0 Å². The first kappa shape index (κ1) is 23.2. The van der Waals surface area contributed by atoms with E-state index in [1.165, 1.54) is 5.56 Å². The molecule has 0 fully saturated rings. The van der Waals surface area contributed by atoms with Crippen LogP contribution in [0.2, 0.25) is 5.02 Å². The molecule has 0 spiro atoms. The SMILES string of the molecule is CN=C(NCC(=O)NCCc1ccccc1)N(C)Cc1ccccc1Cl.I. The standard InChI is InChI=1S/C20H25ClN4O.HI/c1-22-20(25(2)15-17-10-6-7-11-18(17)21)24-14-19(26)23-13-12-16-8-4-3-5-9-16;/h3-11H,12-15H2,1-2H3,(H,22,24)(H,23,26);1H. The minimum atomic E-state index is -0.0618. The fourth-order valence-corrected chi connectivity index (χ4v) is 2.75. The van der Waals surface area contributed by atoms with Crippen molar-refractivity contribution in [1.29, 1.82) is 0 Å². The summed E-state index contributed by atoms with van der Waals surface area (Å²) in [7, 11) is 3.60. The van der Waals surface area contributed by atoms with Gasteiger partial charge in [-0.2, -0.15) is 0 Å². The number of nitrogens with one attached hydrogen (secondary N) is 2. The van der Waals surface area contributed by atoms with E-state index in [2.05, 4.69) is 27.8 Å². The Morgan fingerprint density at radius 3 is 2.41 bits per heavy atom. The van der Waals surface area contributed by atoms with Crippen molar-refractivity contribution in [1.82, 2.24) is 15.5 Å². The number of nitrogens with zero attached hydrogens (tertiary/aromatic N) is 2. The molecule has 0 aliphatic rings. The number of hydrogen-bond acceptors (Lipinski definition) is 2. The van der Waals surface area contributed by atoms with Gasteiger partial charge in [-0.15, -0.1) is 24.0 Å². The third-order valence-corrected chi connectivity index (χ3v) is 4.29. The van der Waals surface area contributed by atoms with E-state index in [-0.39, 0.29) is 36.4 Å². The molecule has 0 unspecified atom stereocenters. The number of aliphatic imine (C=N–C) groups is 1. The number of hydrogen-bond donors (Lipinski definition) is 2. The largest absolute Gasteiger partial charge is 0.354 e. The highest BCUT2D eigenvalue weighted by molar-refractivity contribution is 14.0. The van der Waals surface area contributed by atoms with Crippen molar-refractivity contribution >= 4 is 47.4 Å². The Balaban J connectivity index is 0.00000364. The first-order valence-corrected chi connectivity index (χ1v) is 8.93. The van der Waals surface area contributed by atoms with Crippen molar-refractivity contribution in [2.75, 3.05) is 27.2 Å². The Hall–Kier alpha value is -1.80. The zero-order chi connectivity index (χ0) is 18.8. The van der Waals surface area contributed by atoms with E-state index in [4.69, 9.17) is 11.6 Å². The van der Waals surface area contributed by atoms with Gasteiger partial charge in [0, 0.05) is 32.2 Å². The van der Waals surface area contributed by atoms with Gasteiger partial charge in [0.25, 0.3) is 0 Å². The Morgan fingerprint density at radius 1 is 1.07 bits per heavy atom. The molecule has 27 heavy (non-hydrogen) atoms. The molecule has 2 rings (SSSR count). The van der Waals surface area contributed by atoms with Crippen LogP contribution in [0.15, 0.2) is 59.6 Å². The molecule has 0 heterocycles.